The predicted octanol–water partition coefficient (Wildman–Crippen LogP) is 3.64. The van der Waals surface area contributed by atoms with Gasteiger partial charge in [0.25, 0.3) is 0 Å². The van der Waals surface area contributed by atoms with Gasteiger partial charge in [-0.15, -0.1) is 0 Å². The van der Waals surface area contributed by atoms with E-state index in [0.717, 1.165) is 11.6 Å². The summed E-state index contributed by atoms with van der Waals surface area (Å²) in [4.78, 5) is 0. The van der Waals surface area contributed by atoms with Gasteiger partial charge in [-0.25, -0.2) is 0 Å². The summed E-state index contributed by atoms with van der Waals surface area (Å²) in [5, 5.41) is 4.55. The van der Waals surface area contributed by atoms with Crippen molar-refractivity contribution >= 4 is 11.6 Å². The highest BCUT2D eigenvalue weighted by Gasteiger charge is 2.22. The predicted molar refractivity (Wildman–Crippen MR) is 68.1 cm³/mol. The van der Waals surface area contributed by atoms with E-state index in [-0.39, 0.29) is 0 Å². The number of benzene rings is 1. The molecule has 16 heavy (non-hydrogen) atoms. The van der Waals surface area contributed by atoms with E-state index in [1.165, 1.54) is 49.7 Å². The molecule has 1 aromatic carbocycles. The van der Waals surface area contributed by atoms with Crippen LogP contribution in [0.25, 0.3) is 0 Å². The lowest BCUT2D eigenvalue weighted by molar-refractivity contribution is 0.410. The molecular formula is C14H18ClN. The third-order valence-electron chi connectivity index (χ3n) is 3.90. The summed E-state index contributed by atoms with van der Waals surface area (Å²) >= 11 is 6.22. The molecule has 2 heteroatoms. The van der Waals surface area contributed by atoms with Crippen molar-refractivity contribution in [2.45, 2.75) is 44.6 Å². The molecule has 1 aliphatic heterocycles. The van der Waals surface area contributed by atoms with Crippen LogP contribution in [0.15, 0.2) is 12.1 Å². The SMILES string of the molecule is Clc1cc2c(c(C3CCCCN3)c1)CCC2. The fraction of sp³-hybridized carbons (Fsp3) is 0.571. The van der Waals surface area contributed by atoms with Gasteiger partial charge in [0.15, 0.2) is 0 Å². The van der Waals surface area contributed by atoms with Crippen molar-refractivity contribution in [1.29, 1.82) is 0 Å². The van der Waals surface area contributed by atoms with Crippen LogP contribution < -0.4 is 5.32 Å². The average molecular weight is 236 g/mol. The molecule has 1 saturated heterocycles. The first-order chi connectivity index (χ1) is 7.84. The first kappa shape index (κ1) is 10.6. The molecule has 1 heterocycles. The fourth-order valence-electron chi connectivity index (χ4n) is 3.13. The summed E-state index contributed by atoms with van der Waals surface area (Å²) in [6, 6.07) is 4.91. The van der Waals surface area contributed by atoms with Crippen molar-refractivity contribution in [3.63, 3.8) is 0 Å². The van der Waals surface area contributed by atoms with Crippen LogP contribution in [0.2, 0.25) is 5.02 Å². The molecule has 1 atom stereocenters. The van der Waals surface area contributed by atoms with Crippen LogP contribution in [-0.4, -0.2) is 6.54 Å². The molecule has 2 aliphatic rings. The van der Waals surface area contributed by atoms with Gasteiger partial charge in [-0.3, -0.25) is 0 Å². The van der Waals surface area contributed by atoms with Gasteiger partial charge >= 0.3 is 0 Å². The summed E-state index contributed by atoms with van der Waals surface area (Å²) in [6.45, 7) is 1.16. The Morgan fingerprint density at radius 1 is 1.12 bits per heavy atom. The number of hydrogen-bond acceptors (Lipinski definition) is 1. The van der Waals surface area contributed by atoms with Crippen LogP contribution in [0.3, 0.4) is 0 Å². The van der Waals surface area contributed by atoms with Crippen molar-refractivity contribution in [2.75, 3.05) is 6.54 Å². The van der Waals surface area contributed by atoms with E-state index >= 15 is 0 Å². The zero-order chi connectivity index (χ0) is 11.0. The minimum atomic E-state index is 0.555. The number of rotatable bonds is 1. The second-order valence-corrected chi connectivity index (χ2v) is 5.43. The Kier molecular flexibility index (Phi) is 2.91. The monoisotopic (exact) mass is 235 g/mol. The zero-order valence-electron chi connectivity index (χ0n) is 9.56. The lowest BCUT2D eigenvalue weighted by atomic mass is 9.92. The van der Waals surface area contributed by atoms with Crippen LogP contribution in [-0.2, 0) is 12.8 Å². The summed E-state index contributed by atoms with van der Waals surface area (Å²) in [5.74, 6) is 0. The molecular weight excluding hydrogens is 218 g/mol. The third kappa shape index (κ3) is 1.87. The highest BCUT2D eigenvalue weighted by Crippen LogP contribution is 2.34. The molecule has 0 amide bonds. The Labute approximate surface area is 102 Å². The maximum atomic E-state index is 6.22. The van der Waals surface area contributed by atoms with Crippen molar-refractivity contribution < 1.29 is 0 Å². The first-order valence-electron chi connectivity index (χ1n) is 6.39. The van der Waals surface area contributed by atoms with E-state index in [1.807, 2.05) is 0 Å². The van der Waals surface area contributed by atoms with E-state index in [4.69, 9.17) is 11.6 Å². The number of hydrogen-bond donors (Lipinski definition) is 1. The molecule has 0 radical (unpaired) electrons. The minimum Gasteiger partial charge on any atom is -0.310 e. The average Bonchev–Trinajstić information content (AvgIpc) is 2.77. The highest BCUT2D eigenvalue weighted by molar-refractivity contribution is 6.30. The third-order valence-corrected chi connectivity index (χ3v) is 4.12. The Morgan fingerprint density at radius 2 is 2.06 bits per heavy atom. The molecule has 0 aromatic heterocycles. The second kappa shape index (κ2) is 4.38. The molecule has 1 N–H and O–H groups in total. The van der Waals surface area contributed by atoms with Crippen LogP contribution in [0.5, 0.6) is 0 Å². The zero-order valence-corrected chi connectivity index (χ0v) is 10.3. The lowest BCUT2D eigenvalue weighted by Gasteiger charge is -2.26. The van der Waals surface area contributed by atoms with E-state index in [9.17, 15) is 0 Å². The Bertz CT molecular complexity index is 394. The van der Waals surface area contributed by atoms with Crippen LogP contribution >= 0.6 is 11.6 Å². The molecule has 1 nitrogen and oxygen atoms in total. The fourth-order valence-corrected chi connectivity index (χ4v) is 3.38. The smallest absolute Gasteiger partial charge is 0.0412 e. The number of fused-ring (bicyclic) bond motifs is 1. The van der Waals surface area contributed by atoms with Crippen LogP contribution in [0.1, 0.15) is 48.4 Å². The van der Waals surface area contributed by atoms with Crippen LogP contribution in [0, 0.1) is 0 Å². The van der Waals surface area contributed by atoms with Gasteiger partial charge in [-0.2, -0.15) is 0 Å². The Hall–Kier alpha value is -0.530. The summed E-state index contributed by atoms with van der Waals surface area (Å²) in [6.07, 6.45) is 7.70. The summed E-state index contributed by atoms with van der Waals surface area (Å²) in [7, 11) is 0. The summed E-state index contributed by atoms with van der Waals surface area (Å²) < 4.78 is 0. The van der Waals surface area contributed by atoms with Gasteiger partial charge in [-0.1, -0.05) is 18.0 Å². The van der Waals surface area contributed by atoms with Crippen molar-refractivity contribution in [1.82, 2.24) is 5.32 Å². The molecule has 3 rings (SSSR count). The van der Waals surface area contributed by atoms with E-state index < -0.39 is 0 Å². The van der Waals surface area contributed by atoms with Crippen molar-refractivity contribution in [3.8, 4) is 0 Å². The van der Waals surface area contributed by atoms with Gasteiger partial charge in [0.2, 0.25) is 0 Å². The second-order valence-electron chi connectivity index (χ2n) is 4.99. The Morgan fingerprint density at radius 3 is 2.88 bits per heavy atom. The number of aryl methyl sites for hydroxylation is 1. The van der Waals surface area contributed by atoms with Crippen LogP contribution in [0.4, 0.5) is 0 Å². The van der Waals surface area contributed by atoms with Crippen molar-refractivity contribution in [2.24, 2.45) is 0 Å². The lowest BCUT2D eigenvalue weighted by Crippen LogP contribution is -2.27. The van der Waals surface area contributed by atoms with E-state index in [0.29, 0.717) is 6.04 Å². The van der Waals surface area contributed by atoms with Gasteiger partial charge in [0.1, 0.15) is 0 Å². The minimum absolute atomic E-state index is 0.555. The molecule has 0 saturated carbocycles. The first-order valence-corrected chi connectivity index (χ1v) is 6.77. The molecule has 1 aromatic rings. The molecule has 0 spiro atoms. The largest absolute Gasteiger partial charge is 0.310 e. The maximum Gasteiger partial charge on any atom is 0.0412 e. The topological polar surface area (TPSA) is 12.0 Å². The summed E-state index contributed by atoms with van der Waals surface area (Å²) in [5.41, 5.74) is 4.57. The van der Waals surface area contributed by atoms with Gasteiger partial charge in [0.05, 0.1) is 0 Å². The molecule has 1 fully saturated rings. The molecule has 1 aliphatic carbocycles. The maximum absolute atomic E-state index is 6.22. The van der Waals surface area contributed by atoms with E-state index in [2.05, 4.69) is 17.4 Å². The highest BCUT2D eigenvalue weighted by atomic mass is 35.5. The normalized spacial score (nSPS) is 24.4. The quantitative estimate of drug-likeness (QED) is 0.784. The van der Waals surface area contributed by atoms with Gasteiger partial charge in [-0.05, 0) is 67.5 Å². The number of nitrogens with one attached hydrogen (secondary N) is 1. The van der Waals surface area contributed by atoms with Gasteiger partial charge < -0.3 is 5.32 Å². The Balaban J connectivity index is 1.99. The van der Waals surface area contributed by atoms with Crippen molar-refractivity contribution in [3.05, 3.63) is 33.8 Å². The number of halogens is 1. The standard InChI is InChI=1S/C14H18ClN/c15-11-8-10-4-3-5-12(10)13(9-11)14-6-1-2-7-16-14/h8-9,14,16H,1-7H2. The molecule has 86 valence electrons. The van der Waals surface area contributed by atoms with E-state index in [1.54, 1.807) is 5.56 Å². The van der Waals surface area contributed by atoms with Gasteiger partial charge in [0, 0.05) is 11.1 Å². The molecule has 0 bridgehead atoms. The molecule has 1 unspecified atom stereocenters. The number of piperidine rings is 1.